The molecule has 1 heterocycles. The molecule has 0 spiro atoms. The van der Waals surface area contributed by atoms with E-state index in [0.29, 0.717) is 10.2 Å². The molecule has 1 N–H and O–H groups in total. The molecule has 1 aromatic rings. The van der Waals surface area contributed by atoms with Crippen molar-refractivity contribution < 1.29 is 13.2 Å². The van der Waals surface area contributed by atoms with Crippen LogP contribution in [0.3, 0.4) is 0 Å². The summed E-state index contributed by atoms with van der Waals surface area (Å²) in [6.45, 7) is 1.77. The van der Waals surface area contributed by atoms with Gasteiger partial charge in [-0.1, -0.05) is 0 Å². The molecule has 0 aliphatic carbocycles. The SMILES string of the molecule is COc1ccc(S(=O)(=O)NC2CCCN(C)C2)cc1Br. The first-order valence-corrected chi connectivity index (χ1v) is 8.74. The second-order valence-electron chi connectivity index (χ2n) is 5.02. The first-order chi connectivity index (χ1) is 9.42. The van der Waals surface area contributed by atoms with Crippen LogP contribution < -0.4 is 9.46 Å². The van der Waals surface area contributed by atoms with Gasteiger partial charge in [-0.3, -0.25) is 0 Å². The summed E-state index contributed by atoms with van der Waals surface area (Å²) in [6.07, 6.45) is 1.89. The predicted molar refractivity (Wildman–Crippen MR) is 81.5 cm³/mol. The molecule has 1 saturated heterocycles. The van der Waals surface area contributed by atoms with E-state index in [4.69, 9.17) is 4.74 Å². The Hall–Kier alpha value is -0.630. The number of piperidine rings is 1. The first-order valence-electron chi connectivity index (χ1n) is 6.47. The van der Waals surface area contributed by atoms with Gasteiger partial charge in [-0.05, 0) is 60.6 Å². The number of likely N-dealkylation sites (tertiary alicyclic amines) is 1. The Bertz CT molecular complexity index is 577. The van der Waals surface area contributed by atoms with Crippen molar-refractivity contribution in [3.05, 3.63) is 22.7 Å². The zero-order valence-corrected chi connectivity index (χ0v) is 14.0. The van der Waals surface area contributed by atoms with E-state index in [2.05, 4.69) is 25.6 Å². The average molecular weight is 363 g/mol. The van der Waals surface area contributed by atoms with Gasteiger partial charge in [-0.15, -0.1) is 0 Å². The molecule has 112 valence electrons. The number of hydrogen-bond acceptors (Lipinski definition) is 4. The summed E-state index contributed by atoms with van der Waals surface area (Å²) in [7, 11) is 0.0574. The lowest BCUT2D eigenvalue weighted by Gasteiger charge is -2.30. The Kier molecular flexibility index (Phi) is 5.06. The van der Waals surface area contributed by atoms with Crippen LogP contribution >= 0.6 is 15.9 Å². The summed E-state index contributed by atoms with van der Waals surface area (Å²) < 4.78 is 33.2. The molecule has 1 aliphatic rings. The minimum absolute atomic E-state index is 0.0281. The van der Waals surface area contributed by atoms with E-state index in [1.165, 1.54) is 0 Å². The van der Waals surface area contributed by atoms with Crippen LogP contribution in [0.15, 0.2) is 27.6 Å². The van der Waals surface area contributed by atoms with Crippen LogP contribution in [-0.2, 0) is 10.0 Å². The Labute approximate surface area is 128 Å². The molecule has 1 unspecified atom stereocenters. The largest absolute Gasteiger partial charge is 0.496 e. The average Bonchev–Trinajstić information content (AvgIpc) is 2.38. The van der Waals surface area contributed by atoms with E-state index in [1.54, 1.807) is 25.3 Å². The molecule has 1 atom stereocenters. The van der Waals surface area contributed by atoms with Crippen LogP contribution in [0.25, 0.3) is 0 Å². The highest BCUT2D eigenvalue weighted by molar-refractivity contribution is 9.10. The number of nitrogens with one attached hydrogen (secondary N) is 1. The van der Waals surface area contributed by atoms with Gasteiger partial charge in [0.15, 0.2) is 0 Å². The van der Waals surface area contributed by atoms with Crippen molar-refractivity contribution in [3.8, 4) is 5.75 Å². The molecular weight excluding hydrogens is 344 g/mol. The maximum Gasteiger partial charge on any atom is 0.240 e. The Morgan fingerprint density at radius 1 is 1.45 bits per heavy atom. The number of sulfonamides is 1. The van der Waals surface area contributed by atoms with E-state index >= 15 is 0 Å². The highest BCUT2D eigenvalue weighted by Gasteiger charge is 2.24. The van der Waals surface area contributed by atoms with Crippen molar-refractivity contribution in [3.63, 3.8) is 0 Å². The zero-order valence-electron chi connectivity index (χ0n) is 11.6. The number of methoxy groups -OCH3 is 1. The van der Waals surface area contributed by atoms with Crippen molar-refractivity contribution in [2.75, 3.05) is 27.2 Å². The lowest BCUT2D eigenvalue weighted by atomic mass is 10.1. The lowest BCUT2D eigenvalue weighted by Crippen LogP contribution is -2.46. The highest BCUT2D eigenvalue weighted by atomic mass is 79.9. The molecule has 1 fully saturated rings. The van der Waals surface area contributed by atoms with Crippen LogP contribution in [-0.4, -0.2) is 46.6 Å². The van der Waals surface area contributed by atoms with Crippen molar-refractivity contribution in [2.24, 2.45) is 0 Å². The van der Waals surface area contributed by atoms with Crippen LogP contribution in [0.4, 0.5) is 0 Å². The summed E-state index contributed by atoms with van der Waals surface area (Å²) >= 11 is 3.31. The predicted octanol–water partition coefficient (Wildman–Crippen LogP) is 1.83. The van der Waals surface area contributed by atoms with Crippen LogP contribution in [0.1, 0.15) is 12.8 Å². The van der Waals surface area contributed by atoms with Crippen LogP contribution in [0.5, 0.6) is 5.75 Å². The number of benzene rings is 1. The third-order valence-corrected chi connectivity index (χ3v) is 5.52. The summed E-state index contributed by atoms with van der Waals surface area (Å²) in [4.78, 5) is 2.39. The summed E-state index contributed by atoms with van der Waals surface area (Å²) in [5.41, 5.74) is 0. The molecule has 0 aromatic heterocycles. The summed E-state index contributed by atoms with van der Waals surface area (Å²) in [6, 6.07) is 4.73. The van der Waals surface area contributed by atoms with E-state index in [0.717, 1.165) is 25.9 Å². The third-order valence-electron chi connectivity index (χ3n) is 3.38. The topological polar surface area (TPSA) is 58.6 Å². The molecule has 1 aromatic carbocycles. The smallest absolute Gasteiger partial charge is 0.240 e. The van der Waals surface area contributed by atoms with Gasteiger partial charge in [0.05, 0.1) is 16.5 Å². The fraction of sp³-hybridized carbons (Fsp3) is 0.538. The minimum atomic E-state index is -3.49. The fourth-order valence-corrected chi connectivity index (χ4v) is 4.34. The third kappa shape index (κ3) is 3.72. The van der Waals surface area contributed by atoms with Gasteiger partial charge in [-0.25, -0.2) is 13.1 Å². The maximum absolute atomic E-state index is 12.4. The number of hydrogen-bond donors (Lipinski definition) is 1. The molecule has 0 radical (unpaired) electrons. The molecule has 1 aliphatic heterocycles. The molecule has 2 rings (SSSR count). The van der Waals surface area contributed by atoms with Gasteiger partial charge in [0.25, 0.3) is 0 Å². The minimum Gasteiger partial charge on any atom is -0.496 e. The molecule has 5 nitrogen and oxygen atoms in total. The highest BCUT2D eigenvalue weighted by Crippen LogP contribution is 2.27. The molecule has 20 heavy (non-hydrogen) atoms. The lowest BCUT2D eigenvalue weighted by molar-refractivity contribution is 0.242. The van der Waals surface area contributed by atoms with Crippen LogP contribution in [0.2, 0.25) is 0 Å². The van der Waals surface area contributed by atoms with Gasteiger partial charge in [0.1, 0.15) is 5.75 Å². The molecule has 0 amide bonds. The van der Waals surface area contributed by atoms with Gasteiger partial charge in [0, 0.05) is 12.6 Å². The second-order valence-corrected chi connectivity index (χ2v) is 7.59. The fourth-order valence-electron chi connectivity index (χ4n) is 2.36. The molecular formula is C13H19BrN2O3S. The van der Waals surface area contributed by atoms with Crippen LogP contribution in [0, 0.1) is 0 Å². The summed E-state index contributed by atoms with van der Waals surface area (Å²) in [5, 5.41) is 0. The van der Waals surface area contributed by atoms with Crippen molar-refractivity contribution in [1.82, 2.24) is 9.62 Å². The maximum atomic E-state index is 12.4. The van der Waals surface area contributed by atoms with Crippen molar-refractivity contribution >= 4 is 26.0 Å². The quantitative estimate of drug-likeness (QED) is 0.887. The zero-order chi connectivity index (χ0) is 14.8. The van der Waals surface area contributed by atoms with Gasteiger partial charge >= 0.3 is 0 Å². The standard InChI is InChI=1S/C13H19BrN2O3S/c1-16-7-3-4-10(9-16)15-20(17,18)11-5-6-13(19-2)12(14)8-11/h5-6,8,10,15H,3-4,7,9H2,1-2H3. The number of halogens is 1. The van der Waals surface area contributed by atoms with E-state index < -0.39 is 10.0 Å². The van der Waals surface area contributed by atoms with Gasteiger partial charge in [-0.2, -0.15) is 0 Å². The number of nitrogens with zero attached hydrogens (tertiary/aromatic N) is 1. The number of ether oxygens (including phenoxy) is 1. The van der Waals surface area contributed by atoms with Gasteiger partial charge in [0.2, 0.25) is 10.0 Å². The molecule has 0 saturated carbocycles. The Balaban J connectivity index is 2.15. The molecule has 0 bridgehead atoms. The number of rotatable bonds is 4. The normalized spacial score (nSPS) is 20.9. The van der Waals surface area contributed by atoms with E-state index in [9.17, 15) is 8.42 Å². The van der Waals surface area contributed by atoms with E-state index in [-0.39, 0.29) is 10.9 Å². The Morgan fingerprint density at radius 2 is 2.20 bits per heavy atom. The van der Waals surface area contributed by atoms with Crippen molar-refractivity contribution in [1.29, 1.82) is 0 Å². The monoisotopic (exact) mass is 362 g/mol. The first kappa shape index (κ1) is 15.8. The Morgan fingerprint density at radius 3 is 2.80 bits per heavy atom. The number of likely N-dealkylation sites (N-methyl/N-ethyl adjacent to an activating group) is 1. The molecule has 7 heteroatoms. The second kappa shape index (κ2) is 6.43. The van der Waals surface area contributed by atoms with Crippen molar-refractivity contribution in [2.45, 2.75) is 23.8 Å². The van der Waals surface area contributed by atoms with Gasteiger partial charge < -0.3 is 9.64 Å². The van der Waals surface area contributed by atoms with E-state index in [1.807, 2.05) is 7.05 Å². The summed E-state index contributed by atoms with van der Waals surface area (Å²) in [5.74, 6) is 0.612.